The Morgan fingerprint density at radius 1 is 1.07 bits per heavy atom. The second-order valence-electron chi connectivity index (χ2n) is 9.43. The molecule has 2 atom stereocenters. The molecule has 3 heterocycles. The van der Waals surface area contributed by atoms with Crippen LogP contribution in [0, 0.1) is 11.8 Å². The minimum Gasteiger partial charge on any atom is -0.342 e. The summed E-state index contributed by atoms with van der Waals surface area (Å²) in [6.45, 7) is 10.6. The molecular formula is C25H34N4O. The summed E-state index contributed by atoms with van der Waals surface area (Å²) in [6, 6.07) is 12.3. The molecular weight excluding hydrogens is 372 g/mol. The third kappa shape index (κ3) is 4.03. The number of aromatic nitrogens is 3. The molecule has 0 N–H and O–H groups in total. The highest BCUT2D eigenvalue weighted by Crippen LogP contribution is 2.36. The second-order valence-corrected chi connectivity index (χ2v) is 9.43. The fourth-order valence-electron chi connectivity index (χ4n) is 4.75. The van der Waals surface area contributed by atoms with E-state index in [1.165, 1.54) is 5.52 Å². The summed E-state index contributed by atoms with van der Waals surface area (Å²) in [5.74, 6) is 2.24. The van der Waals surface area contributed by atoms with Crippen LogP contribution < -0.4 is 0 Å². The third-order valence-corrected chi connectivity index (χ3v) is 6.03. The summed E-state index contributed by atoms with van der Waals surface area (Å²) in [4.78, 5) is 20.9. The van der Waals surface area contributed by atoms with Gasteiger partial charge in [-0.25, -0.2) is 4.98 Å². The maximum absolute atomic E-state index is 13.8. The van der Waals surface area contributed by atoms with Gasteiger partial charge < -0.3 is 14.0 Å². The minimum atomic E-state index is -0.150. The van der Waals surface area contributed by atoms with Crippen molar-refractivity contribution >= 4 is 16.9 Å². The van der Waals surface area contributed by atoms with Crippen molar-refractivity contribution in [2.45, 2.75) is 65.6 Å². The van der Waals surface area contributed by atoms with Gasteiger partial charge in [0, 0.05) is 25.5 Å². The van der Waals surface area contributed by atoms with Crippen LogP contribution in [0.2, 0.25) is 0 Å². The van der Waals surface area contributed by atoms with Gasteiger partial charge in [0.05, 0.1) is 17.1 Å². The maximum Gasteiger partial charge on any atom is 0.246 e. The fraction of sp³-hybridized carbons (Fsp3) is 0.520. The molecule has 1 amide bonds. The summed E-state index contributed by atoms with van der Waals surface area (Å²) in [5, 5.41) is 0. The van der Waals surface area contributed by atoms with Crippen LogP contribution in [0.3, 0.4) is 0 Å². The molecule has 1 saturated heterocycles. The van der Waals surface area contributed by atoms with Crippen molar-refractivity contribution in [3.63, 3.8) is 0 Å². The summed E-state index contributed by atoms with van der Waals surface area (Å²) < 4.78 is 4.43. The predicted octanol–water partition coefficient (Wildman–Crippen LogP) is 5.44. The lowest BCUT2D eigenvalue weighted by atomic mass is 10.0. The van der Waals surface area contributed by atoms with E-state index in [-0.39, 0.29) is 18.0 Å². The Morgan fingerprint density at radius 3 is 2.50 bits per heavy atom. The molecule has 0 bridgehead atoms. The SMILES string of the molecule is CC(C)C[C@@H](C(=O)N1CCC[C@H]1c1nc2ccccc2n1CC(C)C)n1cccc1. The van der Waals surface area contributed by atoms with Crippen LogP contribution in [-0.4, -0.2) is 31.5 Å². The lowest BCUT2D eigenvalue weighted by molar-refractivity contribution is -0.136. The van der Waals surface area contributed by atoms with Crippen molar-refractivity contribution in [2.24, 2.45) is 11.8 Å². The van der Waals surface area contributed by atoms with Gasteiger partial charge in [-0.2, -0.15) is 0 Å². The molecule has 1 fully saturated rings. The van der Waals surface area contributed by atoms with E-state index < -0.39 is 0 Å². The smallest absolute Gasteiger partial charge is 0.246 e. The normalized spacial score (nSPS) is 18.1. The number of amides is 1. The van der Waals surface area contributed by atoms with Gasteiger partial charge in [0.2, 0.25) is 5.91 Å². The minimum absolute atomic E-state index is 0.0499. The average Bonchev–Trinajstić information content (AvgIpc) is 3.45. The van der Waals surface area contributed by atoms with E-state index >= 15 is 0 Å². The molecule has 30 heavy (non-hydrogen) atoms. The highest BCUT2D eigenvalue weighted by atomic mass is 16.2. The zero-order valence-electron chi connectivity index (χ0n) is 18.7. The van der Waals surface area contributed by atoms with E-state index in [0.717, 1.165) is 43.7 Å². The Hall–Kier alpha value is -2.56. The molecule has 2 aromatic heterocycles. The number of likely N-dealkylation sites (tertiary alicyclic amines) is 1. The molecule has 1 aliphatic heterocycles. The first-order valence-corrected chi connectivity index (χ1v) is 11.3. The average molecular weight is 407 g/mol. The highest BCUT2D eigenvalue weighted by molar-refractivity contribution is 5.82. The number of fused-ring (bicyclic) bond motifs is 1. The zero-order chi connectivity index (χ0) is 21.3. The van der Waals surface area contributed by atoms with Crippen molar-refractivity contribution in [2.75, 3.05) is 6.54 Å². The molecule has 0 radical (unpaired) electrons. The van der Waals surface area contributed by atoms with E-state index in [9.17, 15) is 4.79 Å². The number of carbonyl (C=O) groups is 1. The van der Waals surface area contributed by atoms with Crippen LogP contribution in [-0.2, 0) is 11.3 Å². The molecule has 1 aromatic carbocycles. The molecule has 160 valence electrons. The van der Waals surface area contributed by atoms with Gasteiger partial charge in [0.15, 0.2) is 0 Å². The Balaban J connectivity index is 1.70. The number of benzene rings is 1. The molecule has 0 spiro atoms. The molecule has 5 heteroatoms. The molecule has 0 aliphatic carbocycles. The number of para-hydroxylation sites is 2. The molecule has 0 unspecified atom stereocenters. The van der Waals surface area contributed by atoms with Gasteiger partial charge in [-0.1, -0.05) is 39.8 Å². The Bertz CT molecular complexity index is 986. The first-order chi connectivity index (χ1) is 14.5. The third-order valence-electron chi connectivity index (χ3n) is 6.03. The standard InChI is InChI=1S/C25H34N4O/c1-18(2)16-23(27-13-7-8-14-27)25(30)28-15-9-12-22(28)24-26-20-10-5-6-11-21(20)29(24)17-19(3)4/h5-8,10-11,13-14,18-19,22-23H,9,12,15-17H2,1-4H3/t22-,23-/m0/s1. The number of rotatable bonds is 7. The summed E-state index contributed by atoms with van der Waals surface area (Å²) >= 11 is 0. The number of nitrogens with zero attached hydrogens (tertiary/aromatic N) is 4. The number of hydrogen-bond donors (Lipinski definition) is 0. The van der Waals surface area contributed by atoms with Crippen molar-refractivity contribution in [1.82, 2.24) is 19.0 Å². The second kappa shape index (κ2) is 8.66. The Morgan fingerprint density at radius 2 is 1.80 bits per heavy atom. The van der Waals surface area contributed by atoms with Crippen LogP contribution >= 0.6 is 0 Å². The largest absolute Gasteiger partial charge is 0.342 e. The molecule has 4 rings (SSSR count). The van der Waals surface area contributed by atoms with Gasteiger partial charge in [-0.05, 0) is 55.4 Å². The number of imidazole rings is 1. The summed E-state index contributed by atoms with van der Waals surface area (Å²) in [5.41, 5.74) is 2.20. The van der Waals surface area contributed by atoms with Gasteiger partial charge >= 0.3 is 0 Å². The topological polar surface area (TPSA) is 43.1 Å². The maximum atomic E-state index is 13.8. The quantitative estimate of drug-likeness (QED) is 0.524. The monoisotopic (exact) mass is 406 g/mol. The van der Waals surface area contributed by atoms with Crippen molar-refractivity contribution < 1.29 is 4.79 Å². The van der Waals surface area contributed by atoms with Crippen LogP contribution in [0.1, 0.15) is 64.9 Å². The van der Waals surface area contributed by atoms with E-state index in [4.69, 9.17) is 4.98 Å². The van der Waals surface area contributed by atoms with Gasteiger partial charge in [-0.3, -0.25) is 4.79 Å². The zero-order valence-corrected chi connectivity index (χ0v) is 18.7. The molecule has 0 saturated carbocycles. The predicted molar refractivity (Wildman–Crippen MR) is 121 cm³/mol. The first-order valence-electron chi connectivity index (χ1n) is 11.3. The summed E-state index contributed by atoms with van der Waals surface area (Å²) in [6.07, 6.45) is 6.89. The Kier molecular flexibility index (Phi) is 5.98. The summed E-state index contributed by atoms with van der Waals surface area (Å²) in [7, 11) is 0. The van der Waals surface area contributed by atoms with Gasteiger partial charge in [0.1, 0.15) is 11.9 Å². The number of hydrogen-bond acceptors (Lipinski definition) is 2. The molecule has 3 aromatic rings. The molecule has 5 nitrogen and oxygen atoms in total. The fourth-order valence-corrected chi connectivity index (χ4v) is 4.75. The first kappa shape index (κ1) is 20.7. The lowest BCUT2D eigenvalue weighted by Crippen LogP contribution is -2.38. The number of carbonyl (C=O) groups excluding carboxylic acids is 1. The Labute approximate surface area is 179 Å². The van der Waals surface area contributed by atoms with Gasteiger partial charge in [-0.15, -0.1) is 0 Å². The van der Waals surface area contributed by atoms with Crippen LogP contribution in [0.15, 0.2) is 48.8 Å². The van der Waals surface area contributed by atoms with Crippen molar-refractivity contribution in [3.05, 3.63) is 54.6 Å². The van der Waals surface area contributed by atoms with Crippen molar-refractivity contribution in [3.8, 4) is 0 Å². The van der Waals surface area contributed by atoms with Crippen molar-refractivity contribution in [1.29, 1.82) is 0 Å². The van der Waals surface area contributed by atoms with Crippen LogP contribution in [0.25, 0.3) is 11.0 Å². The highest BCUT2D eigenvalue weighted by Gasteiger charge is 2.37. The van der Waals surface area contributed by atoms with Gasteiger partial charge in [0.25, 0.3) is 0 Å². The lowest BCUT2D eigenvalue weighted by Gasteiger charge is -2.30. The van der Waals surface area contributed by atoms with Crippen LogP contribution in [0.4, 0.5) is 0 Å². The van der Waals surface area contributed by atoms with E-state index in [1.807, 2.05) is 30.6 Å². The van der Waals surface area contributed by atoms with Crippen LogP contribution in [0.5, 0.6) is 0 Å². The van der Waals surface area contributed by atoms with E-state index in [0.29, 0.717) is 11.8 Å². The van der Waals surface area contributed by atoms with E-state index in [1.54, 1.807) is 0 Å². The van der Waals surface area contributed by atoms with E-state index in [2.05, 4.69) is 59.9 Å². The molecule has 1 aliphatic rings.